The smallest absolute Gasteiger partial charge is 0.133 e. The van der Waals surface area contributed by atoms with Gasteiger partial charge in [-0.1, -0.05) is 0 Å². The Hall–Kier alpha value is -0.280. The van der Waals surface area contributed by atoms with Gasteiger partial charge < -0.3 is 30.6 Å². The predicted molar refractivity (Wildman–Crippen MR) is 46.2 cm³/mol. The van der Waals surface area contributed by atoms with Crippen molar-refractivity contribution in [2.45, 2.75) is 30.6 Å². The van der Waals surface area contributed by atoms with Crippen LogP contribution in [0.5, 0.6) is 0 Å². The maximum absolute atomic E-state index is 9.22. The van der Waals surface area contributed by atoms with E-state index < -0.39 is 37.3 Å². The van der Waals surface area contributed by atoms with Crippen LogP contribution in [0.25, 0.3) is 0 Å². The average Bonchev–Trinajstić information content (AvgIpc) is 2.23. The zero-order chi connectivity index (χ0) is 11.3. The van der Waals surface area contributed by atoms with Crippen LogP contribution in [0, 0.1) is 0 Å². The molecule has 7 heteroatoms. The maximum atomic E-state index is 9.22. The van der Waals surface area contributed by atoms with Crippen LogP contribution >= 0.6 is 0 Å². The summed E-state index contributed by atoms with van der Waals surface area (Å²) < 4.78 is 0. The molecule has 0 rings (SSSR count). The standard InChI is InChI=1S/C7H17NO6/c1-8-7(14)6(13)5(12)4(11)3(10)2-9/h3-14H,2H2,1H3/t3-,4+,5+,6-,7?/m1/s1. The topological polar surface area (TPSA) is 133 Å². The number of likely N-dealkylation sites (N-methyl/N-ethyl adjacent to an activating group) is 1. The van der Waals surface area contributed by atoms with Crippen molar-refractivity contribution < 1.29 is 30.6 Å². The first kappa shape index (κ1) is 13.7. The Balaban J connectivity index is 4.22. The lowest BCUT2D eigenvalue weighted by molar-refractivity contribution is -0.144. The van der Waals surface area contributed by atoms with Gasteiger partial charge in [-0.15, -0.1) is 0 Å². The number of hydrogen-bond donors (Lipinski definition) is 7. The van der Waals surface area contributed by atoms with Gasteiger partial charge in [0.25, 0.3) is 0 Å². The van der Waals surface area contributed by atoms with Gasteiger partial charge in [-0.05, 0) is 7.05 Å². The summed E-state index contributed by atoms with van der Waals surface area (Å²) in [5.74, 6) is 0. The van der Waals surface area contributed by atoms with Crippen LogP contribution in [0.3, 0.4) is 0 Å². The van der Waals surface area contributed by atoms with Crippen molar-refractivity contribution in [3.05, 3.63) is 0 Å². The Morgan fingerprint density at radius 2 is 1.43 bits per heavy atom. The van der Waals surface area contributed by atoms with E-state index in [1.165, 1.54) is 7.05 Å². The van der Waals surface area contributed by atoms with Gasteiger partial charge in [0.1, 0.15) is 30.6 Å². The quantitative estimate of drug-likeness (QED) is 0.222. The van der Waals surface area contributed by atoms with Crippen molar-refractivity contribution in [3.8, 4) is 0 Å². The summed E-state index contributed by atoms with van der Waals surface area (Å²) in [5, 5.41) is 56.2. The van der Waals surface area contributed by atoms with Gasteiger partial charge in [-0.2, -0.15) is 0 Å². The van der Waals surface area contributed by atoms with Crippen molar-refractivity contribution in [2.24, 2.45) is 0 Å². The van der Waals surface area contributed by atoms with E-state index in [1.54, 1.807) is 0 Å². The summed E-state index contributed by atoms with van der Waals surface area (Å²) >= 11 is 0. The second-order valence-electron chi connectivity index (χ2n) is 2.96. The molecule has 0 fully saturated rings. The predicted octanol–water partition coefficient (Wildman–Crippen LogP) is -4.04. The molecule has 86 valence electrons. The molecule has 0 radical (unpaired) electrons. The van der Waals surface area contributed by atoms with Crippen LogP contribution in [0.15, 0.2) is 0 Å². The zero-order valence-electron chi connectivity index (χ0n) is 7.78. The molecule has 0 aromatic heterocycles. The minimum absolute atomic E-state index is 0.749. The monoisotopic (exact) mass is 211 g/mol. The molecule has 0 aliphatic rings. The molecule has 0 spiro atoms. The fourth-order valence-electron chi connectivity index (χ4n) is 0.895. The SMILES string of the molecule is CNC(O)[C@H](O)[C@@H](O)[C@@H](O)[C@H](O)CO. The van der Waals surface area contributed by atoms with Crippen LogP contribution in [0.1, 0.15) is 0 Å². The highest BCUT2D eigenvalue weighted by Crippen LogP contribution is 2.06. The Morgan fingerprint density at radius 3 is 1.79 bits per heavy atom. The van der Waals surface area contributed by atoms with Gasteiger partial charge in [0, 0.05) is 0 Å². The molecular weight excluding hydrogens is 194 g/mol. The van der Waals surface area contributed by atoms with E-state index >= 15 is 0 Å². The highest BCUT2D eigenvalue weighted by atomic mass is 16.4. The minimum atomic E-state index is -1.75. The van der Waals surface area contributed by atoms with E-state index in [0.29, 0.717) is 0 Å². The molecule has 0 saturated carbocycles. The first-order valence-electron chi connectivity index (χ1n) is 4.14. The summed E-state index contributed by atoms with van der Waals surface area (Å²) in [5.41, 5.74) is 0. The first-order chi connectivity index (χ1) is 6.45. The van der Waals surface area contributed by atoms with E-state index in [4.69, 9.17) is 20.4 Å². The molecule has 7 nitrogen and oxygen atoms in total. The third kappa shape index (κ3) is 3.46. The van der Waals surface area contributed by atoms with E-state index in [0.717, 1.165) is 0 Å². The van der Waals surface area contributed by atoms with E-state index in [9.17, 15) is 10.2 Å². The second-order valence-corrected chi connectivity index (χ2v) is 2.96. The average molecular weight is 211 g/mol. The van der Waals surface area contributed by atoms with Crippen molar-refractivity contribution in [1.82, 2.24) is 5.32 Å². The molecular formula is C7H17NO6. The molecule has 0 aromatic rings. The number of hydrogen-bond acceptors (Lipinski definition) is 7. The summed E-state index contributed by atoms with van der Waals surface area (Å²) in [6.45, 7) is -0.749. The summed E-state index contributed by atoms with van der Waals surface area (Å²) in [6, 6.07) is 0. The van der Waals surface area contributed by atoms with E-state index in [1.807, 2.05) is 0 Å². The molecule has 0 bridgehead atoms. The molecule has 1 unspecified atom stereocenters. The van der Waals surface area contributed by atoms with Gasteiger partial charge in [-0.3, -0.25) is 5.32 Å². The van der Waals surface area contributed by atoms with Crippen molar-refractivity contribution in [3.63, 3.8) is 0 Å². The summed E-state index contributed by atoms with van der Waals surface area (Å²) in [4.78, 5) is 0. The highest BCUT2D eigenvalue weighted by Gasteiger charge is 2.33. The normalized spacial score (nSPS) is 22.5. The van der Waals surface area contributed by atoms with Crippen molar-refractivity contribution in [1.29, 1.82) is 0 Å². The molecule has 0 aliphatic heterocycles. The molecule has 0 amide bonds. The summed E-state index contributed by atoms with van der Waals surface area (Å²) in [7, 11) is 1.34. The van der Waals surface area contributed by atoms with Crippen LogP contribution in [0.4, 0.5) is 0 Å². The van der Waals surface area contributed by atoms with E-state index in [2.05, 4.69) is 5.32 Å². The van der Waals surface area contributed by atoms with Crippen molar-refractivity contribution >= 4 is 0 Å². The largest absolute Gasteiger partial charge is 0.394 e. The van der Waals surface area contributed by atoms with Gasteiger partial charge >= 0.3 is 0 Å². The second kappa shape index (κ2) is 6.25. The lowest BCUT2D eigenvalue weighted by atomic mass is 10.0. The Morgan fingerprint density at radius 1 is 0.929 bits per heavy atom. The van der Waals surface area contributed by atoms with Gasteiger partial charge in [0.15, 0.2) is 0 Å². The van der Waals surface area contributed by atoms with Crippen LogP contribution in [-0.2, 0) is 0 Å². The Kier molecular flexibility index (Phi) is 6.12. The Labute approximate surface area is 81.2 Å². The molecule has 7 N–H and O–H groups in total. The third-order valence-electron chi connectivity index (χ3n) is 1.90. The number of nitrogens with one attached hydrogen (secondary N) is 1. The lowest BCUT2D eigenvalue weighted by Crippen LogP contribution is -2.53. The molecule has 14 heavy (non-hydrogen) atoms. The van der Waals surface area contributed by atoms with Gasteiger partial charge in [0.2, 0.25) is 0 Å². The molecule has 0 heterocycles. The van der Waals surface area contributed by atoms with Crippen LogP contribution in [-0.4, -0.2) is 74.9 Å². The van der Waals surface area contributed by atoms with Crippen LogP contribution in [0.2, 0.25) is 0 Å². The zero-order valence-corrected chi connectivity index (χ0v) is 7.78. The molecule has 0 aromatic carbocycles. The number of aliphatic hydroxyl groups is 6. The third-order valence-corrected chi connectivity index (χ3v) is 1.90. The minimum Gasteiger partial charge on any atom is -0.394 e. The number of aliphatic hydroxyl groups excluding tert-OH is 6. The van der Waals surface area contributed by atoms with E-state index in [-0.39, 0.29) is 0 Å². The lowest BCUT2D eigenvalue weighted by Gasteiger charge is -2.28. The molecule has 0 saturated heterocycles. The van der Waals surface area contributed by atoms with Gasteiger partial charge in [0.05, 0.1) is 6.61 Å². The maximum Gasteiger partial charge on any atom is 0.133 e. The molecule has 0 aliphatic carbocycles. The summed E-state index contributed by atoms with van der Waals surface area (Å²) in [6.07, 6.45) is -8.12. The molecule has 5 atom stereocenters. The first-order valence-corrected chi connectivity index (χ1v) is 4.14. The number of rotatable bonds is 6. The van der Waals surface area contributed by atoms with Crippen LogP contribution < -0.4 is 5.32 Å². The van der Waals surface area contributed by atoms with Crippen molar-refractivity contribution in [2.75, 3.05) is 13.7 Å². The van der Waals surface area contributed by atoms with Gasteiger partial charge in [-0.25, -0.2) is 0 Å². The fourth-order valence-corrected chi connectivity index (χ4v) is 0.895. The fraction of sp³-hybridized carbons (Fsp3) is 1.00. The Bertz CT molecular complexity index is 141. The highest BCUT2D eigenvalue weighted by molar-refractivity contribution is 4.83.